The first-order valence-electron chi connectivity index (χ1n) is 10.7. The van der Waals surface area contributed by atoms with Gasteiger partial charge in [-0.05, 0) is 31.4 Å². The van der Waals surface area contributed by atoms with Gasteiger partial charge < -0.3 is 25.0 Å². The fourth-order valence-electron chi connectivity index (χ4n) is 4.03. The van der Waals surface area contributed by atoms with E-state index in [-0.39, 0.29) is 19.5 Å². The molecule has 3 N–H and O–H groups in total. The van der Waals surface area contributed by atoms with Crippen LogP contribution >= 0.6 is 0 Å². The highest BCUT2D eigenvalue weighted by atomic mass is 16.5. The zero-order chi connectivity index (χ0) is 24.3. The van der Waals surface area contributed by atoms with E-state index in [9.17, 15) is 34.1 Å². The molecule has 0 aromatic heterocycles. The van der Waals surface area contributed by atoms with Gasteiger partial charge in [-0.25, -0.2) is 4.79 Å². The van der Waals surface area contributed by atoms with Crippen LogP contribution < -0.4 is 9.97 Å². The molecule has 1 aromatic rings. The van der Waals surface area contributed by atoms with Crippen molar-refractivity contribution in [3.8, 4) is 5.75 Å². The van der Waals surface area contributed by atoms with Gasteiger partial charge in [0.05, 0.1) is 12.5 Å². The molecular formula is C21H26BN3O8. The maximum absolute atomic E-state index is 12.9. The van der Waals surface area contributed by atoms with Gasteiger partial charge in [-0.1, -0.05) is 18.2 Å². The third-order valence-electron chi connectivity index (χ3n) is 5.88. The normalized spacial score (nSPS) is 19.0. The van der Waals surface area contributed by atoms with Crippen LogP contribution in [0.15, 0.2) is 18.2 Å². The predicted octanol–water partition coefficient (Wildman–Crippen LogP) is -0.0166. The van der Waals surface area contributed by atoms with Crippen molar-refractivity contribution in [1.29, 1.82) is 0 Å². The maximum Gasteiger partial charge on any atom is 0.526 e. The molecule has 2 aliphatic heterocycles. The van der Waals surface area contributed by atoms with Crippen molar-refractivity contribution >= 4 is 36.7 Å². The number of likely N-dealkylation sites (N-methyl/N-ethyl adjacent to an activating group) is 1. The number of nitrogens with one attached hydrogen (secondary N) is 1. The number of carbonyl (C=O) groups is 5. The van der Waals surface area contributed by atoms with Crippen molar-refractivity contribution in [2.75, 3.05) is 19.6 Å². The molecule has 0 aliphatic carbocycles. The van der Waals surface area contributed by atoms with Gasteiger partial charge in [0.15, 0.2) is 5.78 Å². The standard InChI is InChI=1S/C21H26BN3O8/c1-3-24-7-8-25(20(30)19(24)29)21(31)23-15(11-17(27)28)16(26)10-14-9-13-6-4-5-12(2)18(13)33-22(14)32/h4-6,14-15,32H,3,7-11H2,1-2H3,(H,23,31)(H,27,28)/t14-,15?/m1/s1. The molecule has 33 heavy (non-hydrogen) atoms. The smallest absolute Gasteiger partial charge is 0.526 e. The third-order valence-corrected chi connectivity index (χ3v) is 5.88. The summed E-state index contributed by atoms with van der Waals surface area (Å²) in [5.74, 6) is -3.91. The number of imide groups is 1. The highest BCUT2D eigenvalue weighted by Crippen LogP contribution is 2.36. The lowest BCUT2D eigenvalue weighted by Crippen LogP contribution is -2.60. The predicted molar refractivity (Wildman–Crippen MR) is 115 cm³/mol. The molecule has 0 saturated carbocycles. The van der Waals surface area contributed by atoms with Gasteiger partial charge in [-0.2, -0.15) is 0 Å². The fourth-order valence-corrected chi connectivity index (χ4v) is 4.03. The number of ketones is 1. The molecule has 0 bridgehead atoms. The van der Waals surface area contributed by atoms with Crippen LogP contribution in [0, 0.1) is 6.92 Å². The van der Waals surface area contributed by atoms with Gasteiger partial charge in [0.2, 0.25) is 0 Å². The quantitative estimate of drug-likeness (QED) is 0.380. The van der Waals surface area contributed by atoms with E-state index < -0.39 is 55.0 Å². The Balaban J connectivity index is 1.69. The zero-order valence-corrected chi connectivity index (χ0v) is 18.4. The molecule has 0 spiro atoms. The van der Waals surface area contributed by atoms with Crippen LogP contribution in [0.3, 0.4) is 0 Å². The Morgan fingerprint density at radius 3 is 2.64 bits per heavy atom. The number of para-hydroxylation sites is 1. The first kappa shape index (κ1) is 24.2. The number of urea groups is 1. The minimum atomic E-state index is -1.44. The Kier molecular flexibility index (Phi) is 7.37. The molecule has 4 amide bonds. The van der Waals surface area contributed by atoms with Crippen molar-refractivity contribution in [2.24, 2.45) is 0 Å². The van der Waals surface area contributed by atoms with Crippen LogP contribution in [0.2, 0.25) is 5.82 Å². The van der Waals surface area contributed by atoms with Crippen molar-refractivity contribution < 1.29 is 38.8 Å². The van der Waals surface area contributed by atoms with Gasteiger partial charge in [0.25, 0.3) is 0 Å². The Bertz CT molecular complexity index is 984. The number of aliphatic carboxylic acids is 1. The number of fused-ring (bicyclic) bond motifs is 1. The summed E-state index contributed by atoms with van der Waals surface area (Å²) in [5, 5.41) is 21.9. The summed E-state index contributed by atoms with van der Waals surface area (Å²) in [5.41, 5.74) is 1.66. The fraction of sp³-hybridized carbons (Fsp3) is 0.476. The Morgan fingerprint density at radius 1 is 1.24 bits per heavy atom. The lowest BCUT2D eigenvalue weighted by Gasteiger charge is -2.33. The van der Waals surface area contributed by atoms with Crippen LogP contribution in [-0.2, 0) is 25.6 Å². The number of rotatable bonds is 7. The number of hydrogen-bond acceptors (Lipinski definition) is 7. The molecule has 11 nitrogen and oxygen atoms in total. The maximum atomic E-state index is 12.9. The lowest BCUT2D eigenvalue weighted by molar-refractivity contribution is -0.153. The van der Waals surface area contributed by atoms with Crippen molar-refractivity contribution in [1.82, 2.24) is 15.1 Å². The summed E-state index contributed by atoms with van der Waals surface area (Å²) in [6.07, 6.45) is -0.617. The number of carbonyl (C=O) groups excluding carboxylic acids is 4. The summed E-state index contributed by atoms with van der Waals surface area (Å²) in [6, 6.07) is 3.04. The van der Waals surface area contributed by atoms with Crippen LogP contribution in [0.4, 0.5) is 4.79 Å². The summed E-state index contributed by atoms with van der Waals surface area (Å²) < 4.78 is 5.56. The largest absolute Gasteiger partial charge is 0.536 e. The lowest BCUT2D eigenvalue weighted by atomic mass is 9.64. The van der Waals surface area contributed by atoms with E-state index in [2.05, 4.69) is 5.32 Å². The molecule has 0 radical (unpaired) electrons. The number of carboxylic acid groups (broad SMARTS) is 1. The zero-order valence-electron chi connectivity index (χ0n) is 18.4. The van der Waals surface area contributed by atoms with Crippen LogP contribution in [0.25, 0.3) is 0 Å². The number of nitrogens with zero attached hydrogens (tertiary/aromatic N) is 2. The van der Waals surface area contributed by atoms with Gasteiger partial charge in [0.1, 0.15) is 5.75 Å². The van der Waals surface area contributed by atoms with Crippen LogP contribution in [0.5, 0.6) is 5.75 Å². The number of benzene rings is 1. The van der Waals surface area contributed by atoms with Crippen LogP contribution in [-0.4, -0.2) is 82.3 Å². The highest BCUT2D eigenvalue weighted by Gasteiger charge is 2.40. The van der Waals surface area contributed by atoms with E-state index in [0.29, 0.717) is 23.6 Å². The van der Waals surface area contributed by atoms with E-state index in [0.717, 1.165) is 11.1 Å². The second-order valence-electron chi connectivity index (χ2n) is 8.15. The molecule has 3 rings (SSSR count). The van der Waals surface area contributed by atoms with E-state index in [1.165, 1.54) is 4.90 Å². The SMILES string of the molecule is CCN1CCN(C(=O)NC(CC(=O)O)C(=O)C[C@H]2Cc3cccc(C)c3OB2O)C(=O)C1=O. The molecular weight excluding hydrogens is 433 g/mol. The van der Waals surface area contributed by atoms with Gasteiger partial charge in [0, 0.05) is 31.9 Å². The molecule has 1 aromatic carbocycles. The average Bonchev–Trinajstić information content (AvgIpc) is 2.76. The number of piperazine rings is 1. The van der Waals surface area contributed by atoms with E-state index in [1.54, 1.807) is 6.92 Å². The number of carboxylic acids is 1. The minimum absolute atomic E-state index is 0.0659. The topological polar surface area (TPSA) is 154 Å². The molecule has 12 heteroatoms. The van der Waals surface area contributed by atoms with Crippen molar-refractivity contribution in [3.05, 3.63) is 29.3 Å². The molecule has 176 valence electrons. The molecule has 2 heterocycles. The summed E-state index contributed by atoms with van der Waals surface area (Å²) in [7, 11) is -1.27. The van der Waals surface area contributed by atoms with E-state index in [1.807, 2.05) is 25.1 Å². The number of Topliss-reactive ketones (excluding diaryl/α,β-unsaturated/α-hetero) is 1. The van der Waals surface area contributed by atoms with Gasteiger partial charge in [-0.15, -0.1) is 0 Å². The Morgan fingerprint density at radius 2 is 1.97 bits per heavy atom. The Labute approximate surface area is 190 Å². The van der Waals surface area contributed by atoms with Gasteiger partial charge in [-0.3, -0.25) is 24.1 Å². The van der Waals surface area contributed by atoms with E-state index in [4.69, 9.17) is 4.65 Å². The monoisotopic (exact) mass is 459 g/mol. The molecule has 1 fully saturated rings. The Hall–Kier alpha value is -3.41. The van der Waals surface area contributed by atoms with Crippen LogP contribution in [0.1, 0.15) is 30.9 Å². The summed E-state index contributed by atoms with van der Waals surface area (Å²) in [4.78, 5) is 63.1. The average molecular weight is 459 g/mol. The highest BCUT2D eigenvalue weighted by molar-refractivity contribution is 6.46. The van der Waals surface area contributed by atoms with Crippen molar-refractivity contribution in [3.63, 3.8) is 0 Å². The van der Waals surface area contributed by atoms with Crippen molar-refractivity contribution in [2.45, 2.75) is 45.0 Å². The molecule has 1 saturated heterocycles. The number of hydrogen-bond donors (Lipinski definition) is 3. The summed E-state index contributed by atoms with van der Waals surface area (Å²) >= 11 is 0. The van der Waals surface area contributed by atoms with Gasteiger partial charge >= 0.3 is 30.9 Å². The summed E-state index contributed by atoms with van der Waals surface area (Å²) in [6.45, 7) is 3.93. The third kappa shape index (κ3) is 5.33. The molecule has 2 aliphatic rings. The first-order chi connectivity index (χ1) is 15.6. The molecule has 1 unspecified atom stereocenters. The number of aryl methyl sites for hydroxylation is 1. The second-order valence-corrected chi connectivity index (χ2v) is 8.15. The van der Waals surface area contributed by atoms with E-state index >= 15 is 0 Å². The second kappa shape index (κ2) is 10.0. The molecule has 2 atom stereocenters. The first-order valence-corrected chi connectivity index (χ1v) is 10.7. The minimum Gasteiger partial charge on any atom is -0.536 e. The number of amides is 4.